The van der Waals surface area contributed by atoms with Gasteiger partial charge in [0.15, 0.2) is 0 Å². The van der Waals surface area contributed by atoms with Crippen LogP contribution in [0.15, 0.2) is 23.0 Å². The van der Waals surface area contributed by atoms with Crippen LogP contribution >= 0.6 is 11.3 Å². The first-order chi connectivity index (χ1) is 12.4. The normalized spacial score (nSPS) is 17.9. The average molecular weight is 371 g/mol. The van der Waals surface area contributed by atoms with Crippen molar-refractivity contribution in [3.8, 4) is 0 Å². The fourth-order valence-electron chi connectivity index (χ4n) is 3.57. The Balaban J connectivity index is 1.68. The van der Waals surface area contributed by atoms with E-state index in [4.69, 9.17) is 4.98 Å². The van der Waals surface area contributed by atoms with Crippen LogP contribution in [0.1, 0.15) is 48.1 Å². The lowest BCUT2D eigenvalue weighted by Gasteiger charge is -2.17. The van der Waals surface area contributed by atoms with Crippen LogP contribution < -0.4 is 10.9 Å². The first-order valence-corrected chi connectivity index (χ1v) is 9.81. The molecule has 0 amide bonds. The number of H-pyrrole nitrogens is 1. The number of hydrogen-bond donors (Lipinski definition) is 2. The van der Waals surface area contributed by atoms with E-state index >= 15 is 0 Å². The van der Waals surface area contributed by atoms with E-state index in [1.165, 1.54) is 16.5 Å². The maximum Gasteiger partial charge on any atom is 0.259 e. The number of aryl methyl sites for hydroxylation is 2. The van der Waals surface area contributed by atoms with Crippen molar-refractivity contribution in [2.45, 2.75) is 46.1 Å². The van der Waals surface area contributed by atoms with Crippen LogP contribution in [-0.4, -0.2) is 9.97 Å². The van der Waals surface area contributed by atoms with E-state index in [-0.39, 0.29) is 17.4 Å². The summed E-state index contributed by atoms with van der Waals surface area (Å²) >= 11 is 1.64. The third-order valence-electron chi connectivity index (χ3n) is 5.15. The number of thiophene rings is 1. The predicted molar refractivity (Wildman–Crippen MR) is 105 cm³/mol. The molecule has 0 unspecified atom stereocenters. The van der Waals surface area contributed by atoms with Gasteiger partial charge in [0.05, 0.1) is 11.4 Å². The number of anilines is 1. The zero-order valence-electron chi connectivity index (χ0n) is 15.1. The molecule has 1 aliphatic rings. The fourth-order valence-corrected chi connectivity index (χ4v) is 4.96. The van der Waals surface area contributed by atoms with Gasteiger partial charge in [-0.3, -0.25) is 4.79 Å². The molecule has 0 aliphatic heterocycles. The summed E-state index contributed by atoms with van der Waals surface area (Å²) in [6.07, 6.45) is 3.11. The second-order valence-electron chi connectivity index (χ2n) is 7.31. The summed E-state index contributed by atoms with van der Waals surface area (Å²) < 4.78 is 13.8. The Morgan fingerprint density at radius 3 is 3.00 bits per heavy atom. The van der Waals surface area contributed by atoms with E-state index in [1.54, 1.807) is 24.3 Å². The molecular weight excluding hydrogens is 349 g/mol. The Labute approximate surface area is 155 Å². The molecule has 3 aromatic rings. The number of rotatable bonds is 3. The molecule has 0 spiro atoms. The largest absolute Gasteiger partial charge is 0.375 e. The third kappa shape index (κ3) is 3.03. The highest BCUT2D eigenvalue weighted by atomic mass is 32.1. The van der Waals surface area contributed by atoms with Gasteiger partial charge >= 0.3 is 0 Å². The summed E-state index contributed by atoms with van der Waals surface area (Å²) in [5, 5.41) is 3.98. The maximum absolute atomic E-state index is 13.8. The predicted octanol–water partition coefficient (Wildman–Crippen LogP) is 4.73. The van der Waals surface area contributed by atoms with Crippen LogP contribution in [0.3, 0.4) is 0 Å². The van der Waals surface area contributed by atoms with Crippen LogP contribution in [-0.2, 0) is 12.8 Å². The number of nitrogens with one attached hydrogen (secondary N) is 2. The molecule has 1 aromatic carbocycles. The van der Waals surface area contributed by atoms with Crippen LogP contribution in [0.5, 0.6) is 0 Å². The standard InChI is InChI=1S/C20H22FN3OS/c1-10-4-7-14-16(8-10)26-20-17(14)19(25)23-18(24-20)12(3)22-13-6-5-11(2)15(21)9-13/h5-6,9-10,12,22H,4,7-8H2,1-3H3,(H,23,24,25)/t10-,12+/m0/s1. The molecule has 0 radical (unpaired) electrons. The van der Waals surface area contributed by atoms with Crippen molar-refractivity contribution >= 4 is 27.2 Å². The fraction of sp³-hybridized carbons (Fsp3) is 0.400. The van der Waals surface area contributed by atoms with Gasteiger partial charge in [0.1, 0.15) is 16.5 Å². The lowest BCUT2D eigenvalue weighted by Crippen LogP contribution is -2.18. The third-order valence-corrected chi connectivity index (χ3v) is 6.30. The van der Waals surface area contributed by atoms with Crippen LogP contribution in [0.4, 0.5) is 10.1 Å². The number of aromatic nitrogens is 2. The van der Waals surface area contributed by atoms with Crippen molar-refractivity contribution in [2.75, 3.05) is 5.32 Å². The Morgan fingerprint density at radius 2 is 2.23 bits per heavy atom. The van der Waals surface area contributed by atoms with Gasteiger partial charge in [-0.1, -0.05) is 13.0 Å². The average Bonchev–Trinajstić information content (AvgIpc) is 2.95. The number of benzene rings is 1. The van der Waals surface area contributed by atoms with Crippen LogP contribution in [0, 0.1) is 18.7 Å². The van der Waals surface area contributed by atoms with Gasteiger partial charge in [0, 0.05) is 10.6 Å². The first-order valence-electron chi connectivity index (χ1n) is 8.99. The Morgan fingerprint density at radius 1 is 1.42 bits per heavy atom. The minimum Gasteiger partial charge on any atom is -0.375 e. The van der Waals surface area contributed by atoms with Gasteiger partial charge in [-0.2, -0.15) is 0 Å². The zero-order chi connectivity index (χ0) is 18.4. The lowest BCUT2D eigenvalue weighted by molar-refractivity contribution is 0.509. The van der Waals surface area contributed by atoms with Crippen molar-refractivity contribution in [1.29, 1.82) is 0 Å². The van der Waals surface area contributed by atoms with E-state index in [1.807, 2.05) is 13.0 Å². The molecular formula is C20H22FN3OS. The molecule has 6 heteroatoms. The van der Waals surface area contributed by atoms with E-state index in [2.05, 4.69) is 17.2 Å². The number of fused-ring (bicyclic) bond motifs is 3. The summed E-state index contributed by atoms with van der Waals surface area (Å²) in [5.74, 6) is 0.987. The minimum atomic E-state index is -0.251. The molecule has 2 atom stereocenters. The van der Waals surface area contributed by atoms with Gasteiger partial charge in [-0.25, -0.2) is 9.37 Å². The van der Waals surface area contributed by atoms with Crippen molar-refractivity contribution in [3.63, 3.8) is 0 Å². The quantitative estimate of drug-likeness (QED) is 0.700. The van der Waals surface area contributed by atoms with Crippen molar-refractivity contribution < 1.29 is 4.39 Å². The minimum absolute atomic E-state index is 0.0687. The summed E-state index contributed by atoms with van der Waals surface area (Å²) in [6, 6.07) is 4.80. The summed E-state index contributed by atoms with van der Waals surface area (Å²) in [5.41, 5.74) is 2.39. The van der Waals surface area contributed by atoms with Gasteiger partial charge < -0.3 is 10.3 Å². The molecule has 0 bridgehead atoms. The molecule has 4 nitrogen and oxygen atoms in total. The molecule has 0 saturated heterocycles. The van der Waals surface area contributed by atoms with Crippen molar-refractivity contribution in [1.82, 2.24) is 9.97 Å². The highest BCUT2D eigenvalue weighted by Gasteiger charge is 2.23. The molecule has 26 heavy (non-hydrogen) atoms. The number of hydrogen-bond acceptors (Lipinski definition) is 4. The lowest BCUT2D eigenvalue weighted by atomic mass is 9.89. The Kier molecular flexibility index (Phi) is 4.31. The first kappa shape index (κ1) is 17.2. The zero-order valence-corrected chi connectivity index (χ0v) is 16.0. The van der Waals surface area contributed by atoms with Gasteiger partial charge in [0.25, 0.3) is 5.56 Å². The van der Waals surface area contributed by atoms with Crippen molar-refractivity contribution in [2.24, 2.45) is 5.92 Å². The Bertz CT molecular complexity index is 1040. The molecule has 1 aliphatic carbocycles. The molecule has 2 heterocycles. The van der Waals surface area contributed by atoms with Gasteiger partial charge in [-0.15, -0.1) is 11.3 Å². The highest BCUT2D eigenvalue weighted by Crippen LogP contribution is 2.36. The maximum atomic E-state index is 13.8. The van der Waals surface area contributed by atoms with E-state index in [9.17, 15) is 9.18 Å². The topological polar surface area (TPSA) is 57.8 Å². The summed E-state index contributed by atoms with van der Waals surface area (Å²) in [7, 11) is 0. The van der Waals surface area contributed by atoms with E-state index < -0.39 is 0 Å². The summed E-state index contributed by atoms with van der Waals surface area (Å²) in [4.78, 5) is 22.4. The monoisotopic (exact) mass is 371 g/mol. The SMILES string of the molecule is Cc1ccc(N[C@H](C)c2nc3sc4c(c3c(=O)[nH]2)CC[C@H](C)C4)cc1F. The summed E-state index contributed by atoms with van der Waals surface area (Å²) in [6.45, 7) is 5.90. The second kappa shape index (κ2) is 6.50. The number of aromatic amines is 1. The molecule has 0 fully saturated rings. The van der Waals surface area contributed by atoms with Gasteiger partial charge in [-0.05, 0) is 62.3 Å². The van der Waals surface area contributed by atoms with Crippen LogP contribution in [0.25, 0.3) is 10.2 Å². The molecule has 136 valence electrons. The highest BCUT2D eigenvalue weighted by molar-refractivity contribution is 7.18. The Hall–Kier alpha value is -2.21. The number of halogens is 1. The van der Waals surface area contributed by atoms with Crippen molar-refractivity contribution in [3.05, 3.63) is 56.2 Å². The van der Waals surface area contributed by atoms with Gasteiger partial charge in [0.2, 0.25) is 0 Å². The number of nitrogens with zero attached hydrogens (tertiary/aromatic N) is 1. The smallest absolute Gasteiger partial charge is 0.259 e. The molecule has 0 saturated carbocycles. The van der Waals surface area contributed by atoms with E-state index in [0.717, 1.165) is 29.5 Å². The van der Waals surface area contributed by atoms with E-state index in [0.29, 0.717) is 23.0 Å². The molecule has 2 aromatic heterocycles. The second-order valence-corrected chi connectivity index (χ2v) is 8.40. The van der Waals surface area contributed by atoms with Crippen LogP contribution in [0.2, 0.25) is 0 Å². The molecule has 2 N–H and O–H groups in total. The molecule has 4 rings (SSSR count).